The van der Waals surface area contributed by atoms with E-state index in [0.29, 0.717) is 11.6 Å². The molecule has 32 heavy (non-hydrogen) atoms. The number of aromatic nitrogens is 3. The first-order valence-electron chi connectivity index (χ1n) is 9.36. The minimum Gasteiger partial charge on any atom is -0.339 e. The van der Waals surface area contributed by atoms with Gasteiger partial charge >= 0.3 is 0 Å². The van der Waals surface area contributed by atoms with Gasteiger partial charge in [0.05, 0.1) is 11.4 Å². The summed E-state index contributed by atoms with van der Waals surface area (Å²) in [7, 11) is 0. The Bertz CT molecular complexity index is 1210. The van der Waals surface area contributed by atoms with E-state index in [-0.39, 0.29) is 30.2 Å². The van der Waals surface area contributed by atoms with Crippen LogP contribution in [0.2, 0.25) is 0 Å². The fourth-order valence-corrected chi connectivity index (χ4v) is 4.40. The summed E-state index contributed by atoms with van der Waals surface area (Å²) in [6, 6.07) is 8.91. The van der Waals surface area contributed by atoms with Crippen molar-refractivity contribution in [1.82, 2.24) is 15.1 Å². The molecule has 0 saturated carbocycles. The predicted octanol–water partition coefficient (Wildman–Crippen LogP) is 5.47. The molecular weight excluding hydrogens is 461 g/mol. The normalized spacial score (nSPS) is 11.0. The fourth-order valence-electron chi connectivity index (χ4n) is 2.72. The van der Waals surface area contributed by atoms with Crippen LogP contribution in [0.5, 0.6) is 0 Å². The van der Waals surface area contributed by atoms with E-state index in [2.05, 4.69) is 20.4 Å². The Labute approximate surface area is 188 Å². The van der Waals surface area contributed by atoms with Gasteiger partial charge in [0.1, 0.15) is 17.5 Å². The van der Waals surface area contributed by atoms with Crippen LogP contribution in [0, 0.1) is 17.5 Å². The molecule has 164 valence electrons. The summed E-state index contributed by atoms with van der Waals surface area (Å²) in [5.74, 6) is -1.11. The monoisotopic (exact) mass is 476 g/mol. The Morgan fingerprint density at radius 2 is 1.78 bits per heavy atom. The number of carbonyl (C=O) groups excluding carboxylic acids is 1. The molecule has 0 aliphatic heterocycles. The minimum atomic E-state index is -0.774. The van der Waals surface area contributed by atoms with Crippen molar-refractivity contribution in [3.63, 3.8) is 0 Å². The van der Waals surface area contributed by atoms with Crippen LogP contribution in [-0.2, 0) is 17.0 Å². The zero-order valence-electron chi connectivity index (χ0n) is 16.3. The van der Waals surface area contributed by atoms with Gasteiger partial charge in [-0.3, -0.25) is 4.79 Å². The number of thiazole rings is 1. The first kappa shape index (κ1) is 22.0. The molecule has 0 unspecified atom stereocenters. The van der Waals surface area contributed by atoms with Gasteiger partial charge in [-0.2, -0.15) is 4.98 Å². The fraction of sp³-hybridized carbons (Fsp3) is 0.143. The van der Waals surface area contributed by atoms with Gasteiger partial charge < -0.3 is 9.84 Å². The van der Waals surface area contributed by atoms with Crippen molar-refractivity contribution < 1.29 is 22.5 Å². The van der Waals surface area contributed by atoms with Crippen LogP contribution in [0.25, 0.3) is 11.3 Å². The van der Waals surface area contributed by atoms with Crippen LogP contribution >= 0.6 is 23.1 Å². The van der Waals surface area contributed by atoms with Crippen molar-refractivity contribution in [3.05, 3.63) is 77.0 Å². The van der Waals surface area contributed by atoms with Gasteiger partial charge in [0.25, 0.3) is 0 Å². The lowest BCUT2D eigenvalue weighted by atomic mass is 10.2. The average molecular weight is 477 g/mol. The van der Waals surface area contributed by atoms with E-state index in [1.807, 2.05) is 5.38 Å². The highest BCUT2D eigenvalue weighted by molar-refractivity contribution is 8.00. The summed E-state index contributed by atoms with van der Waals surface area (Å²) in [5, 5.41) is 8.20. The quantitative estimate of drug-likeness (QED) is 0.340. The highest BCUT2D eigenvalue weighted by Gasteiger charge is 2.12. The standard InChI is InChI=1S/C21H15F3N4O2S2/c22-13-3-1-12(2-4-13)17-10-31-21(26-17)32-11-18-27-20(30-28-18)6-5-19(29)25-16-8-14(23)7-15(24)9-16/h1-4,7-10H,5-6,11H2,(H,25,29). The molecule has 0 aliphatic rings. The Morgan fingerprint density at radius 1 is 1.03 bits per heavy atom. The van der Waals surface area contributed by atoms with Gasteiger partial charge in [0, 0.05) is 35.5 Å². The number of aryl methyl sites for hydroxylation is 1. The van der Waals surface area contributed by atoms with Gasteiger partial charge in [-0.25, -0.2) is 18.2 Å². The van der Waals surface area contributed by atoms with Crippen LogP contribution in [0.15, 0.2) is 56.7 Å². The van der Waals surface area contributed by atoms with E-state index < -0.39 is 17.5 Å². The van der Waals surface area contributed by atoms with E-state index in [1.165, 1.54) is 35.2 Å². The first-order valence-corrected chi connectivity index (χ1v) is 11.2. The molecule has 2 heterocycles. The van der Waals surface area contributed by atoms with E-state index in [0.717, 1.165) is 33.8 Å². The number of amides is 1. The summed E-state index contributed by atoms with van der Waals surface area (Å²) < 4.78 is 45.4. The second-order valence-electron chi connectivity index (χ2n) is 6.60. The van der Waals surface area contributed by atoms with Crippen molar-refractivity contribution in [2.24, 2.45) is 0 Å². The number of nitrogens with one attached hydrogen (secondary N) is 1. The lowest BCUT2D eigenvalue weighted by molar-refractivity contribution is -0.116. The summed E-state index contributed by atoms with van der Waals surface area (Å²) >= 11 is 2.89. The predicted molar refractivity (Wildman–Crippen MR) is 115 cm³/mol. The van der Waals surface area contributed by atoms with Gasteiger partial charge in [-0.05, 0) is 36.4 Å². The maximum atomic E-state index is 13.2. The molecule has 11 heteroatoms. The third-order valence-corrected chi connectivity index (χ3v) is 6.19. The molecule has 0 saturated heterocycles. The second-order valence-corrected chi connectivity index (χ2v) is 8.69. The van der Waals surface area contributed by atoms with Crippen LogP contribution in [0.1, 0.15) is 18.1 Å². The zero-order chi connectivity index (χ0) is 22.5. The lowest BCUT2D eigenvalue weighted by Crippen LogP contribution is -2.12. The van der Waals surface area contributed by atoms with Crippen LogP contribution < -0.4 is 5.32 Å². The summed E-state index contributed by atoms with van der Waals surface area (Å²) in [4.78, 5) is 20.7. The number of carbonyl (C=O) groups is 1. The number of rotatable bonds is 8. The summed E-state index contributed by atoms with van der Waals surface area (Å²) in [6.45, 7) is 0. The maximum Gasteiger partial charge on any atom is 0.227 e. The highest BCUT2D eigenvalue weighted by Crippen LogP contribution is 2.30. The molecule has 2 aromatic heterocycles. The maximum absolute atomic E-state index is 13.2. The molecule has 0 aliphatic carbocycles. The number of benzene rings is 2. The van der Waals surface area contributed by atoms with Crippen LogP contribution in [0.4, 0.5) is 18.9 Å². The van der Waals surface area contributed by atoms with Crippen molar-refractivity contribution in [2.45, 2.75) is 22.9 Å². The molecule has 0 bridgehead atoms. The smallest absolute Gasteiger partial charge is 0.227 e. The van der Waals surface area contributed by atoms with Crippen LogP contribution in [-0.4, -0.2) is 21.0 Å². The van der Waals surface area contributed by atoms with E-state index in [9.17, 15) is 18.0 Å². The molecule has 0 fully saturated rings. The molecular formula is C21H15F3N4O2S2. The molecule has 2 aromatic carbocycles. The van der Waals surface area contributed by atoms with E-state index >= 15 is 0 Å². The zero-order valence-corrected chi connectivity index (χ0v) is 18.0. The lowest BCUT2D eigenvalue weighted by Gasteiger charge is -2.04. The van der Waals surface area contributed by atoms with Gasteiger partial charge in [0.15, 0.2) is 10.2 Å². The summed E-state index contributed by atoms with van der Waals surface area (Å²) in [5.41, 5.74) is 1.63. The third-order valence-electron chi connectivity index (χ3n) is 4.17. The van der Waals surface area contributed by atoms with Crippen molar-refractivity contribution in [3.8, 4) is 11.3 Å². The number of hydrogen-bond acceptors (Lipinski definition) is 7. The molecule has 4 rings (SSSR count). The molecule has 0 atom stereocenters. The SMILES string of the molecule is O=C(CCc1nc(CSc2nc(-c3ccc(F)cc3)cs2)no1)Nc1cc(F)cc(F)c1. The largest absolute Gasteiger partial charge is 0.339 e. The number of thioether (sulfide) groups is 1. The number of halogens is 3. The molecule has 0 spiro atoms. The van der Waals surface area contributed by atoms with Crippen molar-refractivity contribution in [2.75, 3.05) is 5.32 Å². The van der Waals surface area contributed by atoms with Crippen molar-refractivity contribution in [1.29, 1.82) is 0 Å². The Morgan fingerprint density at radius 3 is 2.53 bits per heavy atom. The number of nitrogens with zero attached hydrogens (tertiary/aromatic N) is 3. The van der Waals surface area contributed by atoms with Crippen molar-refractivity contribution >= 4 is 34.7 Å². The summed E-state index contributed by atoms with van der Waals surface area (Å²) in [6.07, 6.45) is 0.202. The van der Waals surface area contributed by atoms with E-state index in [4.69, 9.17) is 4.52 Å². The molecule has 1 N–H and O–H groups in total. The Balaban J connectivity index is 1.26. The van der Waals surface area contributed by atoms with E-state index in [1.54, 1.807) is 12.1 Å². The third kappa shape index (κ3) is 5.95. The molecule has 6 nitrogen and oxygen atoms in total. The first-order chi connectivity index (χ1) is 15.4. The van der Waals surface area contributed by atoms with Gasteiger partial charge in [0.2, 0.25) is 11.8 Å². The number of anilines is 1. The topological polar surface area (TPSA) is 80.9 Å². The second kappa shape index (κ2) is 9.96. The molecule has 4 aromatic rings. The Hall–Kier alpha value is -3.18. The highest BCUT2D eigenvalue weighted by atomic mass is 32.2. The molecule has 1 amide bonds. The van der Waals surface area contributed by atoms with Gasteiger partial charge in [-0.15, -0.1) is 11.3 Å². The van der Waals surface area contributed by atoms with Crippen LogP contribution in [0.3, 0.4) is 0 Å². The number of hydrogen-bond donors (Lipinski definition) is 1. The minimum absolute atomic E-state index is 0.0143. The van der Waals surface area contributed by atoms with Gasteiger partial charge in [-0.1, -0.05) is 16.9 Å². The molecule has 0 radical (unpaired) electrons. The Kier molecular flexibility index (Phi) is 6.86. The average Bonchev–Trinajstić information content (AvgIpc) is 3.40.